The number of rotatable bonds is 5. The van der Waals surface area contributed by atoms with Crippen LogP contribution in [0.1, 0.15) is 24.5 Å². The summed E-state index contributed by atoms with van der Waals surface area (Å²) in [6.45, 7) is 1.37. The smallest absolute Gasteiger partial charge is 0.346 e. The lowest BCUT2D eigenvalue weighted by molar-refractivity contribution is -0.0886. The van der Waals surface area contributed by atoms with E-state index in [9.17, 15) is 21.6 Å². The number of fused-ring (bicyclic) bond motifs is 1. The molecule has 1 aliphatic carbocycles. The Morgan fingerprint density at radius 2 is 2.03 bits per heavy atom. The second-order valence-corrected chi connectivity index (χ2v) is 9.70. The topological polar surface area (TPSA) is 87.7 Å². The SMILES string of the molecule is CC1(S(=O)(=O)Nc2ccc(Cc3c[nH]c4ncccc34)cn2)C=CC(C(F)(F)F)=CC1. The lowest BCUT2D eigenvalue weighted by Gasteiger charge is -2.28. The average Bonchev–Trinajstić information content (AvgIpc) is 3.12. The summed E-state index contributed by atoms with van der Waals surface area (Å²) < 4.78 is 64.8. The van der Waals surface area contributed by atoms with Gasteiger partial charge in [-0.15, -0.1) is 0 Å². The van der Waals surface area contributed by atoms with Gasteiger partial charge in [0.2, 0.25) is 10.0 Å². The quantitative estimate of drug-likeness (QED) is 0.602. The third kappa shape index (κ3) is 4.20. The molecule has 0 aromatic carbocycles. The molecule has 1 aliphatic rings. The highest BCUT2D eigenvalue weighted by molar-refractivity contribution is 7.94. The second-order valence-electron chi connectivity index (χ2n) is 7.55. The van der Waals surface area contributed by atoms with E-state index >= 15 is 0 Å². The van der Waals surface area contributed by atoms with Crippen molar-refractivity contribution in [3.05, 3.63) is 77.8 Å². The van der Waals surface area contributed by atoms with Gasteiger partial charge in [0.1, 0.15) is 16.2 Å². The van der Waals surface area contributed by atoms with Gasteiger partial charge >= 0.3 is 6.18 Å². The number of hydrogen-bond donors (Lipinski definition) is 2. The summed E-state index contributed by atoms with van der Waals surface area (Å²) in [6, 6.07) is 7.09. The summed E-state index contributed by atoms with van der Waals surface area (Å²) in [7, 11) is -4.02. The number of alkyl halides is 3. The van der Waals surface area contributed by atoms with Crippen molar-refractivity contribution in [3.8, 4) is 0 Å². The standard InChI is InChI=1S/C21H19F3N4O2S/c1-20(8-6-16(7-9-20)21(22,23)24)31(29,30)28-18-5-4-14(12-26-18)11-15-13-27-19-17(15)3-2-10-25-19/h2-8,10,12-13H,9,11H2,1H3,(H,25,27)(H,26,28). The summed E-state index contributed by atoms with van der Waals surface area (Å²) in [4.78, 5) is 11.5. The van der Waals surface area contributed by atoms with E-state index in [2.05, 4.69) is 19.7 Å². The third-order valence-corrected chi connectivity index (χ3v) is 7.29. The zero-order chi connectivity index (χ0) is 22.3. The molecule has 0 amide bonds. The average molecular weight is 448 g/mol. The van der Waals surface area contributed by atoms with Crippen molar-refractivity contribution in [2.24, 2.45) is 0 Å². The summed E-state index contributed by atoms with van der Waals surface area (Å²) in [5.74, 6) is 0.101. The second kappa shape index (κ2) is 7.52. The van der Waals surface area contributed by atoms with Crippen LogP contribution in [-0.2, 0) is 16.4 Å². The maximum absolute atomic E-state index is 12.8. The Bertz CT molecular complexity index is 1280. The Morgan fingerprint density at radius 3 is 2.68 bits per heavy atom. The number of sulfonamides is 1. The van der Waals surface area contributed by atoms with Crippen molar-refractivity contribution in [1.29, 1.82) is 0 Å². The van der Waals surface area contributed by atoms with Gasteiger partial charge in [0, 0.05) is 30.4 Å². The number of hydrogen-bond acceptors (Lipinski definition) is 4. The molecule has 3 aromatic heterocycles. The summed E-state index contributed by atoms with van der Waals surface area (Å²) in [6.07, 6.45) is 3.68. The number of anilines is 1. The Balaban J connectivity index is 1.47. The molecule has 31 heavy (non-hydrogen) atoms. The first kappa shape index (κ1) is 21.1. The van der Waals surface area contributed by atoms with Crippen molar-refractivity contribution in [3.63, 3.8) is 0 Å². The van der Waals surface area contributed by atoms with E-state index in [-0.39, 0.29) is 12.2 Å². The number of nitrogens with zero attached hydrogens (tertiary/aromatic N) is 2. The molecule has 3 aromatic rings. The highest BCUT2D eigenvalue weighted by atomic mass is 32.2. The number of pyridine rings is 2. The molecule has 162 valence electrons. The fourth-order valence-corrected chi connectivity index (χ4v) is 4.53. The van der Waals surface area contributed by atoms with Crippen molar-refractivity contribution in [1.82, 2.24) is 15.0 Å². The minimum Gasteiger partial charge on any atom is -0.346 e. The molecular weight excluding hydrogens is 429 g/mol. The Hall–Kier alpha value is -3.14. The van der Waals surface area contributed by atoms with E-state index in [4.69, 9.17) is 0 Å². The van der Waals surface area contributed by atoms with Gasteiger partial charge < -0.3 is 4.98 Å². The van der Waals surface area contributed by atoms with Gasteiger partial charge in [-0.25, -0.2) is 18.4 Å². The molecular formula is C21H19F3N4O2S. The van der Waals surface area contributed by atoms with Crippen molar-refractivity contribution < 1.29 is 21.6 Å². The van der Waals surface area contributed by atoms with Gasteiger partial charge in [0.15, 0.2) is 0 Å². The minimum absolute atomic E-state index is 0.101. The maximum atomic E-state index is 12.8. The van der Waals surface area contributed by atoms with E-state index in [0.29, 0.717) is 6.42 Å². The molecule has 4 rings (SSSR count). The molecule has 0 radical (unpaired) electrons. The van der Waals surface area contributed by atoms with Crippen molar-refractivity contribution in [2.75, 3.05) is 4.72 Å². The highest BCUT2D eigenvalue weighted by Crippen LogP contribution is 2.36. The number of H-pyrrole nitrogens is 1. The van der Waals surface area contributed by atoms with E-state index in [1.165, 1.54) is 13.0 Å². The molecule has 0 bridgehead atoms. The first-order valence-corrected chi connectivity index (χ1v) is 10.9. The summed E-state index contributed by atoms with van der Waals surface area (Å²) in [5.41, 5.74) is 1.83. The molecule has 0 saturated heterocycles. The van der Waals surface area contributed by atoms with E-state index in [0.717, 1.165) is 40.4 Å². The van der Waals surface area contributed by atoms with E-state index in [1.54, 1.807) is 18.5 Å². The van der Waals surface area contributed by atoms with Crippen LogP contribution in [0.15, 0.2) is 66.7 Å². The van der Waals surface area contributed by atoms with Crippen LogP contribution in [0.3, 0.4) is 0 Å². The van der Waals surface area contributed by atoms with Crippen LogP contribution in [0, 0.1) is 0 Å². The van der Waals surface area contributed by atoms with Crippen LogP contribution in [0.25, 0.3) is 11.0 Å². The molecule has 0 saturated carbocycles. The fraction of sp³-hybridized carbons (Fsp3) is 0.238. The van der Waals surface area contributed by atoms with E-state index in [1.807, 2.05) is 18.3 Å². The normalized spacial score (nSPS) is 19.4. The van der Waals surface area contributed by atoms with Gasteiger partial charge in [0.05, 0.1) is 5.57 Å². The van der Waals surface area contributed by atoms with Gasteiger partial charge in [-0.05, 0) is 42.7 Å². The predicted molar refractivity (Wildman–Crippen MR) is 112 cm³/mol. The lowest BCUT2D eigenvalue weighted by Crippen LogP contribution is -2.39. The fourth-order valence-electron chi connectivity index (χ4n) is 3.35. The third-order valence-electron chi connectivity index (χ3n) is 5.28. The van der Waals surface area contributed by atoms with Crippen LogP contribution in [0.2, 0.25) is 0 Å². The Labute approximate surface area is 177 Å². The van der Waals surface area contributed by atoms with Crippen LogP contribution in [0.4, 0.5) is 19.0 Å². The maximum Gasteiger partial charge on any atom is 0.416 e. The zero-order valence-electron chi connectivity index (χ0n) is 16.4. The predicted octanol–water partition coefficient (Wildman–Crippen LogP) is 4.50. The van der Waals surface area contributed by atoms with Gasteiger partial charge in [-0.1, -0.05) is 24.3 Å². The first-order chi connectivity index (χ1) is 14.6. The summed E-state index contributed by atoms with van der Waals surface area (Å²) in [5, 5.41) is 0.996. The van der Waals surface area contributed by atoms with Crippen LogP contribution in [0.5, 0.6) is 0 Å². The molecule has 3 heterocycles. The van der Waals surface area contributed by atoms with E-state index < -0.39 is 26.5 Å². The van der Waals surface area contributed by atoms with Crippen molar-refractivity contribution >= 4 is 26.9 Å². The van der Waals surface area contributed by atoms with Crippen LogP contribution >= 0.6 is 0 Å². The number of aromatic amines is 1. The molecule has 1 unspecified atom stereocenters. The monoisotopic (exact) mass is 448 g/mol. The molecule has 0 spiro atoms. The highest BCUT2D eigenvalue weighted by Gasteiger charge is 2.41. The number of aromatic nitrogens is 3. The van der Waals surface area contributed by atoms with Crippen LogP contribution < -0.4 is 4.72 Å². The number of halogens is 3. The van der Waals surface area contributed by atoms with Crippen LogP contribution in [-0.4, -0.2) is 34.3 Å². The largest absolute Gasteiger partial charge is 0.416 e. The molecule has 6 nitrogen and oxygen atoms in total. The molecule has 2 N–H and O–H groups in total. The van der Waals surface area contributed by atoms with Gasteiger partial charge in [-0.2, -0.15) is 13.2 Å². The molecule has 1 atom stereocenters. The molecule has 0 fully saturated rings. The van der Waals surface area contributed by atoms with Gasteiger partial charge in [0.25, 0.3) is 0 Å². The lowest BCUT2D eigenvalue weighted by atomic mass is 9.97. The first-order valence-electron chi connectivity index (χ1n) is 9.42. The van der Waals surface area contributed by atoms with Crippen molar-refractivity contribution in [2.45, 2.75) is 30.7 Å². The zero-order valence-corrected chi connectivity index (χ0v) is 17.3. The molecule has 0 aliphatic heterocycles. The molecule has 10 heteroatoms. The number of nitrogens with one attached hydrogen (secondary N) is 2. The number of allylic oxidation sites excluding steroid dienone is 3. The Morgan fingerprint density at radius 1 is 1.23 bits per heavy atom. The van der Waals surface area contributed by atoms with Gasteiger partial charge in [-0.3, -0.25) is 4.72 Å². The summed E-state index contributed by atoms with van der Waals surface area (Å²) >= 11 is 0. The minimum atomic E-state index is -4.51. The Kier molecular flexibility index (Phi) is 5.12.